The summed E-state index contributed by atoms with van der Waals surface area (Å²) in [4.78, 5) is 189. The summed E-state index contributed by atoms with van der Waals surface area (Å²) in [6.45, 7) is 17.1. The Hall–Kier alpha value is -9.74. The number of aliphatic imine (C=N–C) groups is 2. The number of aliphatic carboxylic acids is 1. The number of aromatic nitrogens is 1. The molecule has 30 nitrogen and oxygen atoms in total. The van der Waals surface area contributed by atoms with Gasteiger partial charge in [0.05, 0.1) is 18.1 Å². The number of fused-ring (bicyclic) bond motifs is 2. The maximum absolute atomic E-state index is 15.4. The Bertz CT molecular complexity index is 3640. The molecule has 0 unspecified atom stereocenters. The van der Waals surface area contributed by atoms with Crippen molar-refractivity contribution in [2.24, 2.45) is 44.6 Å². The summed E-state index contributed by atoms with van der Waals surface area (Å²) < 4.78 is 0. The van der Waals surface area contributed by atoms with Crippen molar-refractivity contribution in [2.45, 2.75) is 226 Å². The summed E-state index contributed by atoms with van der Waals surface area (Å²) in [6.07, 6.45) is -0.300. The lowest BCUT2D eigenvalue weighted by Crippen LogP contribution is -2.63. The predicted octanol–water partition coefficient (Wildman–Crippen LogP) is 2.15. The minimum absolute atomic E-state index is 0.00589. The van der Waals surface area contributed by atoms with Crippen LogP contribution in [0.2, 0.25) is 0 Å². The number of hydrogen-bond donors (Lipinski definition) is 14. The average molecular weight is 1430 g/mol. The monoisotopic (exact) mass is 1430 g/mol. The minimum atomic E-state index is -1.94. The van der Waals surface area contributed by atoms with Gasteiger partial charge in [-0.25, -0.2) is 0 Å². The number of nitrogens with one attached hydrogen (secondary N) is 9. The number of guanidine groups is 1. The molecule has 0 saturated carbocycles. The molecule has 16 N–H and O–H groups in total. The zero-order chi connectivity index (χ0) is 76.2. The lowest BCUT2D eigenvalue weighted by atomic mass is 9.76. The third-order valence-electron chi connectivity index (χ3n) is 18.5. The molecule has 2 fully saturated rings. The standard InChI is InChI=1S/C73H107N15O15/c1-39(2)31-50-63(95)83-52(33-44-21-13-12-14-22-44)65(97)80-49(25-17-18-28-76-42(7)59-56(90)36-73(9,10)37-57(59)91)70(102)87(11)61(41(5)6)69(101)79-48(26-19-29-77-72(74)75)62(94)81-51(32-40(3)4)64(96)85-54(34-45-38-78-47-24-16-15-23-46(45)47)71(103)88-30-20-27-55(88)67(99)86-60(43(8)89)68(100)84-53(35-58(92)93)66(98)82-50/h12-16,21-24,38-41,43,48-55,60-61,78,89-90H,17-20,25-37H2,1-11H3,(H,79,101)(H,80,97)(H,81,94)(H,82,98)(H,83,95)(H,84,100)(H,85,96)(H,86,99)(H,92,93)(H4,74,75,77)/t43-,48+,49+,50+,51+,52-,53+,54-,55+,60+,61+/m1/s1. The fourth-order valence-electron chi connectivity index (χ4n) is 13.4. The molecular weight excluding hydrogens is 1330 g/mol. The van der Waals surface area contributed by atoms with Gasteiger partial charge in [0.25, 0.3) is 0 Å². The van der Waals surface area contributed by atoms with Gasteiger partial charge in [-0.05, 0) is 112 Å². The lowest BCUT2D eigenvalue weighted by Gasteiger charge is -2.35. The molecule has 0 radical (unpaired) electrons. The van der Waals surface area contributed by atoms with Crippen molar-refractivity contribution in [1.82, 2.24) is 57.3 Å². The van der Waals surface area contributed by atoms with Crippen LogP contribution >= 0.6 is 0 Å². The lowest BCUT2D eigenvalue weighted by molar-refractivity contribution is -0.144. The summed E-state index contributed by atoms with van der Waals surface area (Å²) >= 11 is 0. The Balaban J connectivity index is 1.47. The number of allylic oxidation sites excluding steroid dienone is 2. The van der Waals surface area contributed by atoms with Crippen LogP contribution in [0.3, 0.4) is 0 Å². The Labute approximate surface area is 601 Å². The highest BCUT2D eigenvalue weighted by Gasteiger charge is 2.44. The maximum Gasteiger partial charge on any atom is 0.305 e. The van der Waals surface area contributed by atoms with Crippen LogP contribution in [0, 0.1) is 23.2 Å². The van der Waals surface area contributed by atoms with Gasteiger partial charge in [-0.1, -0.05) is 104 Å². The minimum Gasteiger partial charge on any atom is -0.511 e. The first-order valence-electron chi connectivity index (χ1n) is 35.6. The number of rotatable bonds is 22. The molecule has 6 rings (SSSR count). The van der Waals surface area contributed by atoms with Gasteiger partial charge in [0.1, 0.15) is 66.2 Å². The number of carbonyl (C=O) groups excluding carboxylic acids is 11. The van der Waals surface area contributed by atoms with Crippen LogP contribution in [0.4, 0.5) is 0 Å². The molecule has 2 saturated heterocycles. The SMILES string of the molecule is CC(=NCCCC[C@@H]1NC(=O)[C@@H](Cc2ccccc2)NC(=O)[C@H](CC(C)C)NC(=O)[C@H](CC(=O)O)NC(=O)[C@H]([C@@H](C)O)NC(=O)[C@@H]2CCCN2C(=O)[C@@H](Cc2c[nH]c3ccccc23)NC(=O)[C@H](CC(C)C)NC(=O)[C@H](CCCN=C(N)N)NC(=O)[C@H](C(C)C)N(C)C1=O)C1=C(O)CC(C)(C)CC1=O. The molecular formula is C73H107N15O15. The first kappa shape index (κ1) is 82.2. The van der Waals surface area contributed by atoms with Crippen molar-refractivity contribution in [3.8, 4) is 0 Å². The molecule has 11 atom stereocenters. The van der Waals surface area contributed by atoms with Crippen LogP contribution in [0.25, 0.3) is 10.9 Å². The first-order chi connectivity index (χ1) is 48.5. The molecule has 10 amide bonds. The van der Waals surface area contributed by atoms with Gasteiger partial charge in [-0.2, -0.15) is 0 Å². The Kier molecular flexibility index (Phi) is 30.3. The Morgan fingerprint density at radius 2 is 1.16 bits per heavy atom. The number of aliphatic hydroxyl groups is 2. The molecule has 1 aromatic heterocycles. The van der Waals surface area contributed by atoms with E-state index in [1.165, 1.54) is 18.9 Å². The molecule has 3 aromatic rings. The smallest absolute Gasteiger partial charge is 0.305 e. The number of hydrogen-bond acceptors (Lipinski definition) is 16. The van der Waals surface area contributed by atoms with Gasteiger partial charge >= 0.3 is 5.97 Å². The number of aromatic amines is 1. The van der Waals surface area contributed by atoms with Crippen molar-refractivity contribution >= 4 is 93.4 Å². The number of para-hydroxylation sites is 1. The van der Waals surface area contributed by atoms with Crippen molar-refractivity contribution in [3.05, 3.63) is 83.3 Å². The van der Waals surface area contributed by atoms with Crippen molar-refractivity contribution < 1.29 is 72.9 Å². The van der Waals surface area contributed by atoms with Crippen LogP contribution in [0.1, 0.15) is 157 Å². The number of aliphatic hydroxyl groups excluding tert-OH is 2. The first-order valence-corrected chi connectivity index (χ1v) is 35.6. The van der Waals surface area contributed by atoms with Crippen LogP contribution < -0.4 is 54.0 Å². The van der Waals surface area contributed by atoms with Crippen LogP contribution in [-0.4, -0.2) is 206 Å². The number of unbranched alkanes of at least 4 members (excludes halogenated alkanes) is 1. The number of carbonyl (C=O) groups is 12. The van der Waals surface area contributed by atoms with E-state index in [0.717, 1.165) is 4.90 Å². The molecule has 2 aromatic carbocycles. The number of nitrogens with two attached hydrogens (primary N) is 2. The van der Waals surface area contributed by atoms with E-state index in [4.69, 9.17) is 11.5 Å². The number of H-pyrrole nitrogens is 1. The fourth-order valence-corrected chi connectivity index (χ4v) is 13.4. The normalized spacial score (nSPS) is 24.9. The highest BCUT2D eigenvalue weighted by Crippen LogP contribution is 2.36. The Morgan fingerprint density at radius 3 is 1.76 bits per heavy atom. The van der Waals surface area contributed by atoms with E-state index in [1.54, 1.807) is 91.1 Å². The van der Waals surface area contributed by atoms with Crippen LogP contribution in [0.15, 0.2) is 82.1 Å². The summed E-state index contributed by atoms with van der Waals surface area (Å²) in [6, 6.07) is 0.609. The Morgan fingerprint density at radius 1 is 0.612 bits per heavy atom. The van der Waals surface area contributed by atoms with Gasteiger partial charge in [0, 0.05) is 75.2 Å². The van der Waals surface area contributed by atoms with E-state index in [9.17, 15) is 44.1 Å². The third kappa shape index (κ3) is 23.9. The van der Waals surface area contributed by atoms with Gasteiger partial charge in [-0.3, -0.25) is 67.5 Å². The number of carboxylic acids is 1. The summed E-state index contributed by atoms with van der Waals surface area (Å²) in [5.41, 5.74) is 13.2. The highest BCUT2D eigenvalue weighted by atomic mass is 16.4. The summed E-state index contributed by atoms with van der Waals surface area (Å²) in [5, 5.41) is 54.4. The van der Waals surface area contributed by atoms with Gasteiger partial charge in [-0.15, -0.1) is 0 Å². The number of likely N-dealkylation sites (N-methyl/N-ethyl adjacent to an activating group) is 1. The molecule has 30 heteroatoms. The second-order valence-electron chi connectivity index (χ2n) is 29.3. The fraction of sp³-hybridized carbons (Fsp3) is 0.589. The number of carboxylic acid groups (broad SMARTS) is 1. The number of benzene rings is 2. The number of nitrogens with zero attached hydrogens (tertiary/aromatic N) is 4. The van der Waals surface area contributed by atoms with Crippen LogP contribution in [-0.2, 0) is 70.4 Å². The number of amides is 10. The molecule has 3 aliphatic rings. The van der Waals surface area contributed by atoms with E-state index in [-0.39, 0.29) is 138 Å². The topological polar surface area (TPSA) is 461 Å². The summed E-state index contributed by atoms with van der Waals surface area (Å²) in [5.74, 6) is -12.5. The van der Waals surface area contributed by atoms with Gasteiger partial charge in [0.2, 0.25) is 59.1 Å². The van der Waals surface area contributed by atoms with E-state index in [2.05, 4.69) is 57.5 Å². The second-order valence-corrected chi connectivity index (χ2v) is 29.3. The van der Waals surface area contributed by atoms with Crippen molar-refractivity contribution in [1.29, 1.82) is 0 Å². The van der Waals surface area contributed by atoms with Crippen molar-refractivity contribution in [2.75, 3.05) is 26.7 Å². The quantitative estimate of drug-likeness (QED) is 0.0389. The maximum atomic E-state index is 15.4. The van der Waals surface area contributed by atoms with Crippen molar-refractivity contribution in [3.63, 3.8) is 0 Å². The average Bonchev–Trinajstić information content (AvgIpc) is 1.80. The molecule has 0 bridgehead atoms. The highest BCUT2D eigenvalue weighted by molar-refractivity contribution is 6.22. The van der Waals surface area contributed by atoms with Crippen LogP contribution in [0.5, 0.6) is 0 Å². The molecule has 2 aliphatic heterocycles. The number of ketones is 1. The second kappa shape index (κ2) is 38.0. The predicted molar refractivity (Wildman–Crippen MR) is 386 cm³/mol. The molecule has 1 aliphatic carbocycles. The van der Waals surface area contributed by atoms with Gasteiger partial charge in [0.15, 0.2) is 11.7 Å². The molecule has 564 valence electrons. The zero-order valence-corrected chi connectivity index (χ0v) is 61.1. The van der Waals surface area contributed by atoms with E-state index < -0.39 is 149 Å². The summed E-state index contributed by atoms with van der Waals surface area (Å²) in [7, 11) is 1.36. The van der Waals surface area contributed by atoms with E-state index in [0.29, 0.717) is 27.7 Å². The molecule has 0 spiro atoms. The number of Topliss-reactive ketones (excluding diaryl/α,β-unsaturated/α-hetero) is 1. The van der Waals surface area contributed by atoms with Gasteiger partial charge < -0.3 is 84.1 Å². The molecule has 3 heterocycles. The molecule has 103 heavy (non-hydrogen) atoms. The zero-order valence-electron chi connectivity index (χ0n) is 61.1. The van der Waals surface area contributed by atoms with E-state index in [1.807, 2.05) is 32.0 Å². The largest absolute Gasteiger partial charge is 0.511 e. The third-order valence-corrected chi connectivity index (χ3v) is 18.5. The van der Waals surface area contributed by atoms with E-state index >= 15 is 28.8 Å².